The fraction of sp³-hybridized carbons (Fsp3) is 0.333. The molecule has 0 aliphatic rings. The molecule has 1 N–H and O–H groups in total. The molecule has 2 aromatic rings. The fourth-order valence-corrected chi connectivity index (χ4v) is 1.73. The van der Waals surface area contributed by atoms with E-state index in [0.717, 1.165) is 0 Å². The van der Waals surface area contributed by atoms with Gasteiger partial charge in [0.25, 0.3) is 0 Å². The second-order valence-corrected chi connectivity index (χ2v) is 4.12. The Labute approximate surface area is 105 Å². The molecule has 0 aliphatic heterocycles. The average Bonchev–Trinajstić information content (AvgIpc) is 2.68. The number of hydrogen-bond acceptors (Lipinski definition) is 3. The Balaban J connectivity index is 2.23. The van der Waals surface area contributed by atoms with Crippen LogP contribution >= 0.6 is 0 Å². The lowest BCUT2D eigenvalue weighted by atomic mass is 10.0. The van der Waals surface area contributed by atoms with Gasteiger partial charge >= 0.3 is 12.1 Å². The number of halogens is 3. The molecular formula is C12H10F3NO3. The molecule has 1 atom stereocenters. The highest BCUT2D eigenvalue weighted by atomic mass is 19.4. The number of aromatic nitrogens is 1. The molecule has 102 valence electrons. The summed E-state index contributed by atoms with van der Waals surface area (Å²) in [5.74, 6) is -3.61. The molecule has 0 amide bonds. The first kappa shape index (κ1) is 13.4. The zero-order valence-corrected chi connectivity index (χ0v) is 9.65. The van der Waals surface area contributed by atoms with Crippen LogP contribution in [0.5, 0.6) is 0 Å². The van der Waals surface area contributed by atoms with Crippen LogP contribution in [-0.4, -0.2) is 22.2 Å². The number of carboxylic acid groups (broad SMARTS) is 1. The zero-order chi connectivity index (χ0) is 14.0. The van der Waals surface area contributed by atoms with Crippen molar-refractivity contribution in [1.82, 2.24) is 4.98 Å². The standard InChI is InChI=1S/C12H10F3NO3/c13-12(14,15)7(6-11(17)18)5-10-16-8-3-1-2-4-9(8)19-10/h1-4,7H,5-6H2,(H,17,18)/t7-/m1/s1. The van der Waals surface area contributed by atoms with E-state index < -0.39 is 30.9 Å². The van der Waals surface area contributed by atoms with E-state index in [0.29, 0.717) is 11.1 Å². The Morgan fingerprint density at radius 3 is 2.63 bits per heavy atom. The van der Waals surface area contributed by atoms with Crippen molar-refractivity contribution in [3.8, 4) is 0 Å². The number of fused-ring (bicyclic) bond motifs is 1. The molecule has 1 aromatic carbocycles. The molecule has 0 saturated heterocycles. The maximum Gasteiger partial charge on any atom is 0.392 e. The summed E-state index contributed by atoms with van der Waals surface area (Å²) in [5, 5.41) is 8.51. The van der Waals surface area contributed by atoms with Gasteiger partial charge in [0.1, 0.15) is 5.52 Å². The van der Waals surface area contributed by atoms with Gasteiger partial charge in [-0.25, -0.2) is 4.98 Å². The Morgan fingerprint density at radius 1 is 1.37 bits per heavy atom. The van der Waals surface area contributed by atoms with Crippen molar-refractivity contribution < 1.29 is 27.5 Å². The molecule has 1 heterocycles. The van der Waals surface area contributed by atoms with Crippen molar-refractivity contribution in [3.05, 3.63) is 30.2 Å². The highest BCUT2D eigenvalue weighted by molar-refractivity contribution is 5.72. The number of para-hydroxylation sites is 2. The predicted octanol–water partition coefficient (Wildman–Crippen LogP) is 3.02. The number of alkyl halides is 3. The normalized spacial score (nSPS) is 13.6. The number of aliphatic carboxylic acids is 1. The van der Waals surface area contributed by atoms with Gasteiger partial charge in [-0.15, -0.1) is 0 Å². The molecule has 1 aromatic heterocycles. The largest absolute Gasteiger partial charge is 0.481 e. The fourth-order valence-electron chi connectivity index (χ4n) is 1.73. The molecule has 2 rings (SSSR count). The lowest BCUT2D eigenvalue weighted by Gasteiger charge is -2.16. The maximum atomic E-state index is 12.7. The van der Waals surface area contributed by atoms with E-state index in [4.69, 9.17) is 9.52 Å². The summed E-state index contributed by atoms with van der Waals surface area (Å²) >= 11 is 0. The van der Waals surface area contributed by atoms with E-state index in [1.807, 2.05) is 0 Å². The second kappa shape index (κ2) is 4.91. The minimum Gasteiger partial charge on any atom is -0.481 e. The van der Waals surface area contributed by atoms with Crippen LogP contribution in [0.15, 0.2) is 28.7 Å². The highest BCUT2D eigenvalue weighted by Gasteiger charge is 2.41. The topological polar surface area (TPSA) is 63.3 Å². The molecular weight excluding hydrogens is 263 g/mol. The van der Waals surface area contributed by atoms with Crippen LogP contribution < -0.4 is 0 Å². The zero-order valence-electron chi connectivity index (χ0n) is 9.65. The van der Waals surface area contributed by atoms with Crippen LogP contribution in [0.2, 0.25) is 0 Å². The molecule has 0 unspecified atom stereocenters. The first-order valence-electron chi connectivity index (χ1n) is 5.49. The summed E-state index contributed by atoms with van der Waals surface area (Å²) in [6, 6.07) is 6.57. The van der Waals surface area contributed by atoms with Gasteiger partial charge in [0, 0.05) is 6.42 Å². The van der Waals surface area contributed by atoms with Gasteiger partial charge in [0.2, 0.25) is 0 Å². The van der Waals surface area contributed by atoms with Crippen LogP contribution in [0, 0.1) is 5.92 Å². The molecule has 0 aliphatic carbocycles. The molecule has 0 spiro atoms. The van der Waals surface area contributed by atoms with Gasteiger partial charge in [-0.2, -0.15) is 13.2 Å². The Hall–Kier alpha value is -2.05. The number of carbonyl (C=O) groups is 1. The van der Waals surface area contributed by atoms with Crippen molar-refractivity contribution in [2.24, 2.45) is 5.92 Å². The van der Waals surface area contributed by atoms with Crippen molar-refractivity contribution in [2.45, 2.75) is 19.0 Å². The third-order valence-corrected chi connectivity index (χ3v) is 2.64. The average molecular weight is 273 g/mol. The van der Waals surface area contributed by atoms with E-state index in [1.165, 1.54) is 0 Å². The molecule has 0 fully saturated rings. The van der Waals surface area contributed by atoms with E-state index >= 15 is 0 Å². The van der Waals surface area contributed by atoms with Crippen molar-refractivity contribution in [3.63, 3.8) is 0 Å². The SMILES string of the molecule is O=C(O)C[C@@H](Cc1nc2ccccc2o1)C(F)(F)F. The number of rotatable bonds is 4. The molecule has 7 heteroatoms. The van der Waals surface area contributed by atoms with Gasteiger partial charge in [-0.05, 0) is 12.1 Å². The molecule has 0 bridgehead atoms. The van der Waals surface area contributed by atoms with Gasteiger partial charge in [0.05, 0.1) is 12.3 Å². The number of carboxylic acids is 1. The number of nitrogens with zero attached hydrogens (tertiary/aromatic N) is 1. The quantitative estimate of drug-likeness (QED) is 0.930. The van der Waals surface area contributed by atoms with Crippen molar-refractivity contribution in [2.75, 3.05) is 0 Å². The Morgan fingerprint density at radius 2 is 2.05 bits per heavy atom. The summed E-state index contributed by atoms with van der Waals surface area (Å²) in [7, 11) is 0. The summed E-state index contributed by atoms with van der Waals surface area (Å²) in [4.78, 5) is 14.4. The van der Waals surface area contributed by atoms with Crippen LogP contribution in [0.4, 0.5) is 13.2 Å². The van der Waals surface area contributed by atoms with Gasteiger partial charge < -0.3 is 9.52 Å². The molecule has 0 saturated carbocycles. The number of hydrogen-bond donors (Lipinski definition) is 1. The smallest absolute Gasteiger partial charge is 0.392 e. The van der Waals surface area contributed by atoms with E-state index in [9.17, 15) is 18.0 Å². The van der Waals surface area contributed by atoms with Crippen LogP contribution in [0.3, 0.4) is 0 Å². The van der Waals surface area contributed by atoms with Crippen molar-refractivity contribution in [1.29, 1.82) is 0 Å². The number of oxazole rings is 1. The third-order valence-electron chi connectivity index (χ3n) is 2.64. The second-order valence-electron chi connectivity index (χ2n) is 4.12. The van der Waals surface area contributed by atoms with E-state index in [1.54, 1.807) is 24.3 Å². The van der Waals surface area contributed by atoms with Gasteiger partial charge in [-0.3, -0.25) is 4.79 Å². The summed E-state index contributed by atoms with van der Waals surface area (Å²) in [6.45, 7) is 0. The Bertz CT molecular complexity index is 558. The minimum atomic E-state index is -4.60. The first-order chi connectivity index (χ1) is 8.86. The van der Waals surface area contributed by atoms with Gasteiger partial charge in [-0.1, -0.05) is 12.1 Å². The molecule has 4 nitrogen and oxygen atoms in total. The minimum absolute atomic E-state index is 0.107. The van der Waals surface area contributed by atoms with Crippen LogP contribution in [-0.2, 0) is 11.2 Å². The van der Waals surface area contributed by atoms with E-state index in [2.05, 4.69) is 4.98 Å². The maximum absolute atomic E-state index is 12.7. The van der Waals surface area contributed by atoms with Crippen molar-refractivity contribution >= 4 is 17.1 Å². The monoisotopic (exact) mass is 273 g/mol. The van der Waals surface area contributed by atoms with Crippen LogP contribution in [0.25, 0.3) is 11.1 Å². The number of benzene rings is 1. The molecule has 19 heavy (non-hydrogen) atoms. The summed E-state index contributed by atoms with van der Waals surface area (Å²) in [6.07, 6.45) is -6.17. The highest BCUT2D eigenvalue weighted by Crippen LogP contribution is 2.32. The van der Waals surface area contributed by atoms with Gasteiger partial charge in [0.15, 0.2) is 11.5 Å². The summed E-state index contributed by atoms with van der Waals surface area (Å²) in [5.41, 5.74) is 0.836. The molecule has 0 radical (unpaired) electrons. The summed E-state index contributed by atoms with van der Waals surface area (Å²) < 4.78 is 43.2. The van der Waals surface area contributed by atoms with E-state index in [-0.39, 0.29) is 5.89 Å². The Kier molecular flexibility index (Phi) is 3.46. The van der Waals surface area contributed by atoms with Crippen LogP contribution in [0.1, 0.15) is 12.3 Å². The first-order valence-corrected chi connectivity index (χ1v) is 5.49. The lowest BCUT2D eigenvalue weighted by molar-refractivity contribution is -0.183. The predicted molar refractivity (Wildman–Crippen MR) is 59.5 cm³/mol. The lowest BCUT2D eigenvalue weighted by Crippen LogP contribution is -2.27. The third kappa shape index (κ3) is 3.24.